The van der Waals surface area contributed by atoms with Gasteiger partial charge in [-0.15, -0.1) is 16.8 Å². The van der Waals surface area contributed by atoms with E-state index in [1.165, 1.54) is 11.8 Å². The number of hydrogen-bond acceptors (Lipinski definition) is 5. The summed E-state index contributed by atoms with van der Waals surface area (Å²) in [5, 5.41) is 13.4. The highest BCUT2D eigenvalue weighted by molar-refractivity contribution is 7.99. The number of carbonyl (C=O) groups excluding carboxylic acids is 1. The minimum Gasteiger partial charge on any atom is -0.493 e. The van der Waals surface area contributed by atoms with E-state index in [1.54, 1.807) is 18.2 Å². The summed E-state index contributed by atoms with van der Waals surface area (Å²) in [7, 11) is 0. The van der Waals surface area contributed by atoms with Gasteiger partial charge in [0.2, 0.25) is 5.91 Å². The lowest BCUT2D eigenvalue weighted by atomic mass is 10.2. The number of aromatic nitrogens is 3. The second-order valence-electron chi connectivity index (χ2n) is 7.46. The van der Waals surface area contributed by atoms with Gasteiger partial charge < -0.3 is 14.6 Å². The van der Waals surface area contributed by atoms with Gasteiger partial charge in [-0.05, 0) is 61.7 Å². The number of hydrogen-bond donors (Lipinski definition) is 1. The van der Waals surface area contributed by atoms with Crippen molar-refractivity contribution in [1.29, 1.82) is 0 Å². The SMILES string of the molecule is C=CCn1c(CCCOc2ccc(Cl)cc2C)nnc1SCC(=O)Nc1cc(Cl)ccc1C. The van der Waals surface area contributed by atoms with Gasteiger partial charge in [-0.25, -0.2) is 0 Å². The van der Waals surface area contributed by atoms with E-state index in [1.807, 2.05) is 42.7 Å². The van der Waals surface area contributed by atoms with E-state index >= 15 is 0 Å². The third-order valence-electron chi connectivity index (χ3n) is 4.85. The Hall–Kier alpha value is -2.48. The summed E-state index contributed by atoms with van der Waals surface area (Å²) in [6.07, 6.45) is 3.26. The molecular weight excluding hydrogens is 479 g/mol. The van der Waals surface area contributed by atoms with Crippen LogP contribution in [0.25, 0.3) is 0 Å². The highest BCUT2D eigenvalue weighted by Crippen LogP contribution is 2.23. The van der Waals surface area contributed by atoms with Crippen molar-refractivity contribution in [3.63, 3.8) is 0 Å². The first kappa shape index (κ1) is 25.1. The average Bonchev–Trinajstić information content (AvgIpc) is 3.15. The number of thioether (sulfide) groups is 1. The second-order valence-corrected chi connectivity index (χ2v) is 9.27. The zero-order chi connectivity index (χ0) is 23.8. The molecule has 3 rings (SSSR count). The van der Waals surface area contributed by atoms with E-state index < -0.39 is 0 Å². The maximum absolute atomic E-state index is 12.4. The van der Waals surface area contributed by atoms with Crippen LogP contribution in [0.2, 0.25) is 10.0 Å². The van der Waals surface area contributed by atoms with Crippen LogP contribution in [0.4, 0.5) is 5.69 Å². The number of amides is 1. The Balaban J connectivity index is 1.54. The van der Waals surface area contributed by atoms with Crippen molar-refractivity contribution in [1.82, 2.24) is 14.8 Å². The first-order valence-corrected chi connectivity index (χ1v) is 12.2. The molecule has 0 atom stereocenters. The molecule has 2 aromatic carbocycles. The molecule has 1 amide bonds. The van der Waals surface area contributed by atoms with E-state index in [9.17, 15) is 4.79 Å². The van der Waals surface area contributed by atoms with E-state index in [0.29, 0.717) is 40.5 Å². The van der Waals surface area contributed by atoms with Gasteiger partial charge in [-0.2, -0.15) is 0 Å². The molecule has 174 valence electrons. The number of benzene rings is 2. The average molecular weight is 505 g/mol. The number of nitrogens with one attached hydrogen (secondary N) is 1. The Morgan fingerprint density at radius 2 is 1.91 bits per heavy atom. The van der Waals surface area contributed by atoms with Gasteiger partial charge in [-0.3, -0.25) is 4.79 Å². The van der Waals surface area contributed by atoms with Crippen molar-refractivity contribution in [2.45, 2.75) is 38.4 Å². The zero-order valence-electron chi connectivity index (χ0n) is 18.6. The number of halogens is 2. The van der Waals surface area contributed by atoms with E-state index in [4.69, 9.17) is 27.9 Å². The van der Waals surface area contributed by atoms with Gasteiger partial charge in [0, 0.05) is 28.7 Å². The van der Waals surface area contributed by atoms with Crippen molar-refractivity contribution < 1.29 is 9.53 Å². The van der Waals surface area contributed by atoms with E-state index in [-0.39, 0.29) is 11.7 Å². The summed E-state index contributed by atoms with van der Waals surface area (Å²) >= 11 is 13.4. The molecule has 0 bridgehead atoms. The van der Waals surface area contributed by atoms with Crippen LogP contribution in [-0.2, 0) is 17.8 Å². The molecule has 33 heavy (non-hydrogen) atoms. The van der Waals surface area contributed by atoms with Gasteiger partial charge in [0.15, 0.2) is 5.16 Å². The molecule has 1 heterocycles. The first-order valence-electron chi connectivity index (χ1n) is 10.5. The number of allylic oxidation sites excluding steroid dienone is 1. The molecule has 0 saturated heterocycles. The van der Waals surface area contributed by atoms with Crippen LogP contribution in [0, 0.1) is 13.8 Å². The molecule has 0 aliphatic carbocycles. The number of aryl methyl sites for hydroxylation is 3. The van der Waals surface area contributed by atoms with E-state index in [2.05, 4.69) is 22.1 Å². The molecular formula is C24H26Cl2N4O2S. The Kier molecular flexibility index (Phi) is 9.23. The van der Waals surface area contributed by atoms with Crippen LogP contribution >= 0.6 is 35.0 Å². The van der Waals surface area contributed by atoms with Crippen LogP contribution in [0.1, 0.15) is 23.4 Å². The Bertz CT molecular complexity index is 1130. The smallest absolute Gasteiger partial charge is 0.234 e. The molecule has 0 fully saturated rings. The molecule has 0 spiro atoms. The van der Waals surface area contributed by atoms with Crippen molar-refractivity contribution in [3.05, 3.63) is 76.0 Å². The van der Waals surface area contributed by atoms with Crippen LogP contribution in [0.15, 0.2) is 54.2 Å². The molecule has 1 aromatic heterocycles. The van der Waals surface area contributed by atoms with E-state index in [0.717, 1.165) is 29.1 Å². The highest BCUT2D eigenvalue weighted by Gasteiger charge is 2.14. The molecule has 1 N–H and O–H groups in total. The Morgan fingerprint density at radius 3 is 2.67 bits per heavy atom. The molecule has 9 heteroatoms. The standard InChI is InChI=1S/C24H26Cl2N4O2S/c1-4-11-30-22(6-5-12-32-21-10-9-18(25)13-17(21)3)28-29-24(30)33-15-23(31)27-20-14-19(26)8-7-16(20)2/h4,7-10,13-14H,1,5-6,11-12,15H2,2-3H3,(H,27,31). The summed E-state index contributed by atoms with van der Waals surface area (Å²) in [6, 6.07) is 11.0. The monoisotopic (exact) mass is 504 g/mol. The summed E-state index contributed by atoms with van der Waals surface area (Å²) in [4.78, 5) is 12.4. The molecule has 6 nitrogen and oxygen atoms in total. The fourth-order valence-electron chi connectivity index (χ4n) is 3.16. The van der Waals surface area contributed by atoms with Crippen molar-refractivity contribution in [3.8, 4) is 5.75 Å². The van der Waals surface area contributed by atoms with Gasteiger partial charge in [0.05, 0.1) is 12.4 Å². The van der Waals surface area contributed by atoms with Gasteiger partial charge in [-0.1, -0.05) is 47.1 Å². The second kappa shape index (κ2) is 12.1. The molecule has 0 aliphatic heterocycles. The third kappa shape index (κ3) is 7.25. The molecule has 0 radical (unpaired) electrons. The summed E-state index contributed by atoms with van der Waals surface area (Å²) in [5.41, 5.74) is 2.66. The van der Waals surface area contributed by atoms with Crippen molar-refractivity contribution in [2.75, 3.05) is 17.7 Å². The topological polar surface area (TPSA) is 69.0 Å². The molecule has 0 saturated carbocycles. The van der Waals surface area contributed by atoms with Crippen molar-refractivity contribution in [2.24, 2.45) is 0 Å². The van der Waals surface area contributed by atoms with Gasteiger partial charge in [0.25, 0.3) is 0 Å². The van der Waals surface area contributed by atoms with Crippen LogP contribution in [0.3, 0.4) is 0 Å². The predicted molar refractivity (Wildman–Crippen MR) is 136 cm³/mol. The number of anilines is 1. The van der Waals surface area contributed by atoms with Crippen LogP contribution in [0.5, 0.6) is 5.75 Å². The minimum atomic E-state index is -0.133. The van der Waals surface area contributed by atoms with Gasteiger partial charge in [0.1, 0.15) is 11.6 Å². The van der Waals surface area contributed by atoms with Gasteiger partial charge >= 0.3 is 0 Å². The lowest BCUT2D eigenvalue weighted by Crippen LogP contribution is -2.15. The lowest BCUT2D eigenvalue weighted by molar-refractivity contribution is -0.113. The zero-order valence-corrected chi connectivity index (χ0v) is 20.9. The Morgan fingerprint density at radius 1 is 1.15 bits per heavy atom. The first-order chi connectivity index (χ1) is 15.9. The maximum atomic E-state index is 12.4. The quantitative estimate of drug-likeness (QED) is 0.193. The number of rotatable bonds is 11. The third-order valence-corrected chi connectivity index (χ3v) is 6.29. The molecule has 3 aromatic rings. The fraction of sp³-hybridized carbons (Fsp3) is 0.292. The largest absolute Gasteiger partial charge is 0.493 e. The molecule has 0 aliphatic rings. The number of ether oxygens (including phenoxy) is 1. The van der Waals surface area contributed by atoms with Crippen LogP contribution < -0.4 is 10.1 Å². The normalized spacial score (nSPS) is 10.8. The number of carbonyl (C=O) groups is 1. The number of nitrogens with zero attached hydrogens (tertiary/aromatic N) is 3. The lowest BCUT2D eigenvalue weighted by Gasteiger charge is -2.11. The predicted octanol–water partition coefficient (Wildman–Crippen LogP) is 6.13. The highest BCUT2D eigenvalue weighted by atomic mass is 35.5. The Labute approximate surface area is 208 Å². The van der Waals surface area contributed by atoms with Crippen LogP contribution in [-0.4, -0.2) is 33.0 Å². The summed E-state index contributed by atoms with van der Waals surface area (Å²) in [5.74, 6) is 1.73. The molecule has 0 unspecified atom stereocenters. The maximum Gasteiger partial charge on any atom is 0.234 e. The van der Waals surface area contributed by atoms with Crippen molar-refractivity contribution >= 4 is 46.6 Å². The summed E-state index contributed by atoms with van der Waals surface area (Å²) in [6.45, 7) is 8.83. The minimum absolute atomic E-state index is 0.133. The fourth-order valence-corrected chi connectivity index (χ4v) is 4.32. The summed E-state index contributed by atoms with van der Waals surface area (Å²) < 4.78 is 7.85.